The Morgan fingerprint density at radius 2 is 0.803 bits per heavy atom. The quantitative estimate of drug-likeness (QED) is 0.0145. The van der Waals surface area contributed by atoms with Crippen LogP contribution in [0.2, 0.25) is 0 Å². The molecule has 132 heavy (non-hydrogen) atoms. The Kier molecular flexibility index (Phi) is 46.0. The minimum Gasteiger partial charge on any atom is -0.481 e. The third-order valence-electron chi connectivity index (χ3n) is 29.8. The van der Waals surface area contributed by atoms with Gasteiger partial charge in [0.1, 0.15) is 10.6 Å². The summed E-state index contributed by atoms with van der Waals surface area (Å²) in [6.45, 7) is 7.36. The van der Waals surface area contributed by atoms with Crippen LogP contribution in [-0.4, -0.2) is 233 Å². The van der Waals surface area contributed by atoms with Gasteiger partial charge in [0.15, 0.2) is 0 Å². The minimum atomic E-state index is -0.940. The highest BCUT2D eigenvalue weighted by Crippen LogP contribution is 2.37. The SMILES string of the molecule is CCCCC[C@@](O)(CC)CCN1C(=O)CCC1CCc1ccc(C(=O)O)cc1.O=C(O)CC=C=CC1CCC(=O)N1CCC(O)C1CCCCC1.O=C(O)c1ccc(CCC2CCC(=O)N2CCC(O)C2CCCCC2)cc1.O=C(O)c1ccc(CCCC2CCC(=O)N2CCC(O)C2CCCCC2)[nH]1.O=C(O)c1ccc(CCCC2CCC(=O)N2CCC(O)C2CCCCC2)s1. The van der Waals surface area contributed by atoms with Crippen LogP contribution in [0.15, 0.2) is 90.7 Å². The van der Waals surface area contributed by atoms with E-state index in [9.17, 15) is 73.5 Å². The van der Waals surface area contributed by atoms with Gasteiger partial charge in [0.05, 0.1) is 53.6 Å². The van der Waals surface area contributed by atoms with Crippen LogP contribution in [0, 0.1) is 23.7 Å². The Labute approximate surface area is 786 Å². The summed E-state index contributed by atoms with van der Waals surface area (Å²) in [4.78, 5) is 130. The number of carbonyl (C=O) groups is 10. The number of thiophene rings is 1. The summed E-state index contributed by atoms with van der Waals surface area (Å²) in [7, 11) is 0. The van der Waals surface area contributed by atoms with Crippen molar-refractivity contribution in [3.05, 3.63) is 134 Å². The zero-order valence-electron chi connectivity index (χ0n) is 78.9. The summed E-state index contributed by atoms with van der Waals surface area (Å²) < 4.78 is 0. The van der Waals surface area contributed by atoms with E-state index < -0.39 is 35.4 Å². The number of nitrogens with zero attached hydrogens (tertiary/aromatic N) is 5. The van der Waals surface area contributed by atoms with E-state index in [1.54, 1.807) is 47.4 Å². The Morgan fingerprint density at radius 3 is 1.17 bits per heavy atom. The van der Waals surface area contributed by atoms with Gasteiger partial charge in [0, 0.05) is 99.6 Å². The maximum atomic E-state index is 12.4. The summed E-state index contributed by atoms with van der Waals surface area (Å²) in [5.41, 5.74) is 6.13. The summed E-state index contributed by atoms with van der Waals surface area (Å²) in [5.74, 6) is -1.97. The molecule has 732 valence electrons. The number of aromatic nitrogens is 1. The molecule has 4 aromatic rings. The first-order chi connectivity index (χ1) is 63.6. The molecular weight excluding hydrogens is 1700 g/mol. The predicted molar refractivity (Wildman–Crippen MR) is 510 cm³/mol. The summed E-state index contributed by atoms with van der Waals surface area (Å²) >= 11 is 1.34. The summed E-state index contributed by atoms with van der Waals surface area (Å²) in [5, 5.41) is 97.2. The maximum Gasteiger partial charge on any atom is 0.352 e. The molecule has 9 unspecified atom stereocenters. The van der Waals surface area contributed by atoms with Crippen LogP contribution in [0.1, 0.15) is 378 Å². The van der Waals surface area contributed by atoms with Gasteiger partial charge >= 0.3 is 29.8 Å². The van der Waals surface area contributed by atoms with Crippen LogP contribution in [0.4, 0.5) is 0 Å². The highest BCUT2D eigenvalue weighted by molar-refractivity contribution is 7.13. The number of unbranched alkanes of at least 4 members (excludes halogenated alkanes) is 2. The van der Waals surface area contributed by atoms with Crippen LogP contribution in [0.5, 0.6) is 0 Å². The smallest absolute Gasteiger partial charge is 0.352 e. The lowest BCUT2D eigenvalue weighted by Crippen LogP contribution is -2.39. The number of likely N-dealkylation sites (tertiary alicyclic amines) is 5. The Bertz CT molecular complexity index is 4160. The van der Waals surface area contributed by atoms with Gasteiger partial charge in [-0.05, 0) is 288 Å². The topological polar surface area (TPSA) is 405 Å². The molecule has 4 saturated carbocycles. The van der Waals surface area contributed by atoms with Gasteiger partial charge in [-0.2, -0.15) is 0 Å². The molecule has 11 N–H and O–H groups in total. The van der Waals surface area contributed by atoms with E-state index >= 15 is 0 Å². The molecule has 27 heteroatoms. The number of H-pyrrole nitrogens is 1. The lowest BCUT2D eigenvalue weighted by molar-refractivity contribution is -0.136. The minimum absolute atomic E-state index is 0.0221. The van der Waals surface area contributed by atoms with Gasteiger partial charge < -0.3 is 80.5 Å². The van der Waals surface area contributed by atoms with E-state index in [0.29, 0.717) is 137 Å². The average molecular weight is 1850 g/mol. The number of aryl methyl sites for hydroxylation is 4. The van der Waals surface area contributed by atoms with Crippen molar-refractivity contribution in [1.29, 1.82) is 0 Å². The zero-order valence-corrected chi connectivity index (χ0v) is 79.7. The average Bonchev–Trinajstić information content (AvgIpc) is 1.71. The third kappa shape index (κ3) is 35.6. The van der Waals surface area contributed by atoms with E-state index in [4.69, 9.17) is 25.5 Å². The van der Waals surface area contributed by atoms with E-state index in [2.05, 4.69) is 17.6 Å². The Morgan fingerprint density at radius 1 is 0.417 bits per heavy atom. The molecule has 5 aliphatic heterocycles. The molecule has 2 aromatic heterocycles. The molecule has 5 amide bonds. The monoisotopic (exact) mass is 1850 g/mol. The lowest BCUT2D eigenvalue weighted by Gasteiger charge is -2.32. The largest absolute Gasteiger partial charge is 0.481 e. The van der Waals surface area contributed by atoms with E-state index in [1.807, 2.05) is 62.9 Å². The fourth-order valence-electron chi connectivity index (χ4n) is 21.4. The van der Waals surface area contributed by atoms with Crippen molar-refractivity contribution in [3.63, 3.8) is 0 Å². The molecule has 9 aliphatic rings. The number of carbonyl (C=O) groups excluding carboxylic acids is 5. The second kappa shape index (κ2) is 56.7. The molecule has 9 fully saturated rings. The Balaban J connectivity index is 0.000000186. The van der Waals surface area contributed by atoms with Gasteiger partial charge in [0.25, 0.3) is 0 Å². The predicted octanol–water partition coefficient (Wildman–Crippen LogP) is 18.0. The number of carboxylic acid groups (broad SMARTS) is 5. The van der Waals surface area contributed by atoms with Gasteiger partial charge in [-0.3, -0.25) is 28.8 Å². The number of carboxylic acids is 5. The van der Waals surface area contributed by atoms with Gasteiger partial charge in [-0.15, -0.1) is 17.1 Å². The molecule has 10 atom stereocenters. The standard InChI is InChI=1S/C23H35NO4.C22H31NO4.C21H32N2O4.C21H31NO4S.C18H27NO4/c1-3-5-6-15-23(28,4-2)16-17-24-20(13-14-21(24)25)12-9-18-7-10-19(11-8-18)22(26)27;24-20(17-4-2-1-3-5-17)14-15-23-19(12-13-21(23)25)11-8-16-6-9-18(10-7-16)22(26)27;24-19(15-5-2-1-3-6-15)13-14-23-17(10-12-20(23)25)8-4-7-16-9-11-18(22-16)21(26)27;23-18(15-5-2-1-3-6-15)13-14-22-16(9-12-20(22)24)7-4-8-17-10-11-19(27-17)21(25)26;20-16(14-6-2-1-3-7-14)12-13-19-15(10-11-17(19)21)8-4-5-9-18(22)23/h7-8,10-11,20,28H,3-6,9,12-17H2,1-2H3,(H,26,27);6-7,9-10,17,19-20,24H,1-5,8,11-15H2,(H,26,27);9,11,15,17,19,22,24H,1-8,10,12-14H2,(H,26,27);10-11,15-16,18,23H,1-9,12-14H2,(H,25,26);5,8,14-16,20H,1-3,6-7,9-13H2,(H,22,23)/t20?,23-;;;;/m0..../s1. The third-order valence-corrected chi connectivity index (χ3v) is 30.9. The first-order valence-corrected chi connectivity index (χ1v) is 51.3. The van der Waals surface area contributed by atoms with Crippen molar-refractivity contribution >= 4 is 70.7 Å². The number of amides is 5. The zero-order chi connectivity index (χ0) is 94.9. The van der Waals surface area contributed by atoms with Crippen molar-refractivity contribution < 1.29 is 99.0 Å². The van der Waals surface area contributed by atoms with Crippen LogP contribution < -0.4 is 0 Å². The number of aliphatic hydroxyl groups is 5. The van der Waals surface area contributed by atoms with Crippen molar-refractivity contribution in [3.8, 4) is 0 Å². The molecule has 13 rings (SSSR count). The maximum absolute atomic E-state index is 12.4. The number of nitrogens with one attached hydrogen (secondary N) is 1. The van der Waals surface area contributed by atoms with Crippen molar-refractivity contribution in [2.75, 3.05) is 32.7 Å². The normalized spacial score (nSPS) is 21.8. The molecule has 5 saturated heterocycles. The molecule has 4 aliphatic carbocycles. The second-order valence-corrected chi connectivity index (χ2v) is 40.1. The first-order valence-electron chi connectivity index (χ1n) is 50.5. The van der Waals surface area contributed by atoms with Crippen LogP contribution in [0.3, 0.4) is 0 Å². The van der Waals surface area contributed by atoms with Crippen LogP contribution >= 0.6 is 11.3 Å². The van der Waals surface area contributed by atoms with Gasteiger partial charge in [-0.1, -0.05) is 134 Å². The number of aliphatic hydroxyl groups excluding tert-OH is 4. The highest BCUT2D eigenvalue weighted by Gasteiger charge is 2.38. The molecular formula is C105H156N6O20S. The van der Waals surface area contributed by atoms with Crippen LogP contribution in [0.25, 0.3) is 0 Å². The number of aliphatic carboxylic acids is 1. The molecule has 0 bridgehead atoms. The molecule has 26 nitrogen and oxygen atoms in total. The number of benzene rings is 2. The fraction of sp³-hybridized carbons (Fsp3) is 0.686. The van der Waals surface area contributed by atoms with Crippen molar-refractivity contribution in [2.45, 2.75) is 402 Å². The number of aromatic carboxylic acids is 4. The number of hydrogen-bond acceptors (Lipinski definition) is 16. The van der Waals surface area contributed by atoms with Crippen molar-refractivity contribution in [2.24, 2.45) is 23.7 Å². The number of aromatic amines is 1. The lowest BCUT2D eigenvalue weighted by atomic mass is 9.84. The molecule has 0 radical (unpaired) electrons. The van der Waals surface area contributed by atoms with Crippen LogP contribution in [-0.2, 0) is 54.5 Å². The second-order valence-electron chi connectivity index (χ2n) is 38.9. The molecule has 7 heterocycles. The highest BCUT2D eigenvalue weighted by atomic mass is 32.1. The van der Waals surface area contributed by atoms with E-state index in [-0.39, 0.29) is 96.3 Å². The van der Waals surface area contributed by atoms with E-state index in [0.717, 1.165) is 201 Å². The molecule has 0 spiro atoms. The van der Waals surface area contributed by atoms with Gasteiger partial charge in [-0.25, -0.2) is 19.2 Å². The molecule has 2 aromatic carbocycles. The summed E-state index contributed by atoms with van der Waals surface area (Å²) in [6, 6.07) is 21.9. The van der Waals surface area contributed by atoms with E-state index in [1.165, 1.54) is 94.5 Å². The first kappa shape index (κ1) is 107. The van der Waals surface area contributed by atoms with Crippen molar-refractivity contribution in [1.82, 2.24) is 29.5 Å². The number of hydrogen-bond donors (Lipinski definition) is 11. The fourth-order valence-corrected chi connectivity index (χ4v) is 22.3. The van der Waals surface area contributed by atoms with Gasteiger partial charge in [0.2, 0.25) is 29.5 Å². The number of rotatable bonds is 45. The Hall–Kier alpha value is -8.56. The summed E-state index contributed by atoms with van der Waals surface area (Å²) in [6.07, 6.45) is 49.9.